The molecule has 5 nitrogen and oxygen atoms in total. The summed E-state index contributed by atoms with van der Waals surface area (Å²) < 4.78 is 5.43. The van der Waals surface area contributed by atoms with Gasteiger partial charge in [-0.1, -0.05) is 12.1 Å². The molecule has 0 aliphatic heterocycles. The first-order valence-electron chi connectivity index (χ1n) is 8.51. The van der Waals surface area contributed by atoms with Crippen molar-refractivity contribution in [2.24, 2.45) is 5.92 Å². The number of rotatable bonds is 7. The Labute approximate surface area is 151 Å². The molecule has 2 aromatic rings. The number of ether oxygens (including phenoxy) is 1. The second-order valence-corrected chi connectivity index (χ2v) is 7.21. The minimum Gasteiger partial charge on any atom is -0.494 e. The highest BCUT2D eigenvalue weighted by atomic mass is 32.1. The van der Waals surface area contributed by atoms with Gasteiger partial charge in [-0.3, -0.25) is 9.59 Å². The summed E-state index contributed by atoms with van der Waals surface area (Å²) in [5.41, 5.74) is 1.01. The van der Waals surface area contributed by atoms with Crippen LogP contribution in [-0.2, 0) is 4.79 Å². The zero-order valence-electron chi connectivity index (χ0n) is 14.4. The normalized spacial score (nSPS) is 14.6. The molecular weight excluding hydrogens is 336 g/mol. The summed E-state index contributed by atoms with van der Waals surface area (Å²) in [6, 6.07) is 11.1. The Morgan fingerprint density at radius 2 is 1.92 bits per heavy atom. The van der Waals surface area contributed by atoms with Crippen LogP contribution in [0.25, 0.3) is 0 Å². The molecule has 1 aliphatic rings. The monoisotopic (exact) mass is 358 g/mol. The van der Waals surface area contributed by atoms with Crippen LogP contribution in [0.4, 0.5) is 5.00 Å². The van der Waals surface area contributed by atoms with E-state index in [1.54, 1.807) is 12.1 Å². The van der Waals surface area contributed by atoms with E-state index in [-0.39, 0.29) is 23.8 Å². The van der Waals surface area contributed by atoms with Gasteiger partial charge in [0.05, 0.1) is 22.5 Å². The molecule has 0 saturated heterocycles. The van der Waals surface area contributed by atoms with Crippen molar-refractivity contribution in [3.8, 4) is 5.75 Å². The maximum absolute atomic E-state index is 12.4. The highest BCUT2D eigenvalue weighted by molar-refractivity contribution is 7.18. The van der Waals surface area contributed by atoms with Gasteiger partial charge in [0, 0.05) is 5.92 Å². The summed E-state index contributed by atoms with van der Waals surface area (Å²) in [7, 11) is 0. The van der Waals surface area contributed by atoms with Crippen LogP contribution in [0.2, 0.25) is 0 Å². The molecule has 0 spiro atoms. The number of benzene rings is 1. The number of carbonyl (C=O) groups excluding carboxylic acids is 2. The lowest BCUT2D eigenvalue weighted by Crippen LogP contribution is -2.25. The van der Waals surface area contributed by atoms with Crippen molar-refractivity contribution < 1.29 is 14.3 Å². The largest absolute Gasteiger partial charge is 0.494 e. The summed E-state index contributed by atoms with van der Waals surface area (Å²) in [6.07, 6.45) is 1.92. The molecule has 1 fully saturated rings. The predicted octanol–water partition coefficient (Wildman–Crippen LogP) is 3.99. The average molecular weight is 358 g/mol. The van der Waals surface area contributed by atoms with Crippen LogP contribution in [0.3, 0.4) is 0 Å². The molecule has 1 saturated carbocycles. The van der Waals surface area contributed by atoms with E-state index < -0.39 is 0 Å². The molecule has 0 radical (unpaired) electrons. The van der Waals surface area contributed by atoms with E-state index in [9.17, 15) is 9.59 Å². The van der Waals surface area contributed by atoms with Gasteiger partial charge in [-0.15, -0.1) is 11.3 Å². The van der Waals surface area contributed by atoms with E-state index in [0.717, 1.165) is 29.2 Å². The van der Waals surface area contributed by atoms with Crippen molar-refractivity contribution in [3.63, 3.8) is 0 Å². The van der Waals surface area contributed by atoms with Gasteiger partial charge in [0.25, 0.3) is 5.91 Å². The number of amides is 2. The molecule has 3 rings (SSSR count). The quantitative estimate of drug-likeness (QED) is 0.786. The topological polar surface area (TPSA) is 67.4 Å². The first kappa shape index (κ1) is 17.5. The Morgan fingerprint density at radius 3 is 2.56 bits per heavy atom. The first-order chi connectivity index (χ1) is 12.1. The Hall–Kier alpha value is -2.34. The summed E-state index contributed by atoms with van der Waals surface area (Å²) >= 11 is 1.30. The standard InChI is InChI=1S/C19H22N2O3S/c1-3-24-15-8-6-13(7-9-15)12(2)20-19(23)16-10-11-17(25-16)21-18(22)14-4-5-14/h6-12,14H,3-5H2,1-2H3,(H,20,23)(H,21,22)/t12-/m1/s1. The third-order valence-electron chi connectivity index (χ3n) is 4.06. The SMILES string of the molecule is CCOc1ccc([C@@H](C)NC(=O)c2ccc(NC(=O)C3CC3)s2)cc1. The van der Waals surface area contributed by atoms with Crippen LogP contribution in [0.15, 0.2) is 36.4 Å². The Balaban J connectivity index is 1.57. The van der Waals surface area contributed by atoms with E-state index in [4.69, 9.17) is 4.74 Å². The highest BCUT2D eigenvalue weighted by Gasteiger charge is 2.29. The van der Waals surface area contributed by atoms with E-state index >= 15 is 0 Å². The Kier molecular flexibility index (Phi) is 5.38. The highest BCUT2D eigenvalue weighted by Crippen LogP contribution is 2.31. The fraction of sp³-hybridized carbons (Fsp3) is 0.368. The van der Waals surface area contributed by atoms with Gasteiger partial charge in [-0.25, -0.2) is 0 Å². The third kappa shape index (κ3) is 4.60. The molecule has 1 atom stereocenters. The fourth-order valence-corrected chi connectivity index (χ4v) is 3.28. The van der Waals surface area contributed by atoms with Crippen molar-refractivity contribution in [2.75, 3.05) is 11.9 Å². The fourth-order valence-electron chi connectivity index (χ4n) is 2.47. The van der Waals surface area contributed by atoms with Gasteiger partial charge in [-0.05, 0) is 56.5 Å². The van der Waals surface area contributed by atoms with Crippen molar-refractivity contribution >= 4 is 28.2 Å². The second kappa shape index (κ2) is 7.70. The molecule has 1 aliphatic carbocycles. The molecule has 132 valence electrons. The molecule has 2 N–H and O–H groups in total. The summed E-state index contributed by atoms with van der Waals surface area (Å²) in [5, 5.41) is 6.57. The molecule has 1 aromatic heterocycles. The maximum atomic E-state index is 12.4. The number of anilines is 1. The van der Waals surface area contributed by atoms with Crippen molar-refractivity contribution in [1.82, 2.24) is 5.32 Å². The van der Waals surface area contributed by atoms with Crippen LogP contribution in [0.1, 0.15) is 48.0 Å². The molecule has 0 unspecified atom stereocenters. The van der Waals surface area contributed by atoms with E-state index in [1.807, 2.05) is 38.1 Å². The lowest BCUT2D eigenvalue weighted by atomic mass is 10.1. The van der Waals surface area contributed by atoms with Gasteiger partial charge in [0.2, 0.25) is 5.91 Å². The van der Waals surface area contributed by atoms with Gasteiger partial charge in [0.1, 0.15) is 5.75 Å². The molecule has 1 heterocycles. The zero-order valence-corrected chi connectivity index (χ0v) is 15.2. The van der Waals surface area contributed by atoms with Gasteiger partial charge >= 0.3 is 0 Å². The molecular formula is C19H22N2O3S. The molecule has 0 bridgehead atoms. The smallest absolute Gasteiger partial charge is 0.261 e. The summed E-state index contributed by atoms with van der Waals surface area (Å²) in [6.45, 7) is 4.51. The lowest BCUT2D eigenvalue weighted by Gasteiger charge is -2.14. The van der Waals surface area contributed by atoms with Gasteiger partial charge < -0.3 is 15.4 Å². The van der Waals surface area contributed by atoms with Crippen LogP contribution in [0, 0.1) is 5.92 Å². The second-order valence-electron chi connectivity index (χ2n) is 6.12. The number of thiophene rings is 1. The minimum atomic E-state index is -0.140. The van der Waals surface area contributed by atoms with Crippen molar-refractivity contribution in [3.05, 3.63) is 46.8 Å². The van der Waals surface area contributed by atoms with Gasteiger partial charge in [-0.2, -0.15) is 0 Å². The van der Waals surface area contributed by atoms with Crippen molar-refractivity contribution in [2.45, 2.75) is 32.7 Å². The van der Waals surface area contributed by atoms with Crippen LogP contribution >= 0.6 is 11.3 Å². The maximum Gasteiger partial charge on any atom is 0.261 e. The molecule has 2 amide bonds. The molecule has 1 aromatic carbocycles. The summed E-state index contributed by atoms with van der Waals surface area (Å²) in [4.78, 5) is 24.8. The Morgan fingerprint density at radius 1 is 1.20 bits per heavy atom. The molecule has 25 heavy (non-hydrogen) atoms. The average Bonchev–Trinajstić information content (AvgIpc) is 3.35. The third-order valence-corrected chi connectivity index (χ3v) is 5.06. The Bertz CT molecular complexity index is 750. The van der Waals surface area contributed by atoms with E-state index in [0.29, 0.717) is 11.5 Å². The summed E-state index contributed by atoms with van der Waals surface area (Å²) in [5.74, 6) is 0.882. The minimum absolute atomic E-state index is 0.0524. The van der Waals surface area contributed by atoms with Crippen molar-refractivity contribution in [1.29, 1.82) is 0 Å². The molecule has 6 heteroatoms. The zero-order chi connectivity index (χ0) is 17.8. The van der Waals surface area contributed by atoms with Gasteiger partial charge in [0.15, 0.2) is 0 Å². The first-order valence-corrected chi connectivity index (χ1v) is 9.32. The number of carbonyl (C=O) groups is 2. The number of hydrogen-bond donors (Lipinski definition) is 2. The lowest BCUT2D eigenvalue weighted by molar-refractivity contribution is -0.117. The van der Waals surface area contributed by atoms with E-state index in [1.165, 1.54) is 11.3 Å². The van der Waals surface area contributed by atoms with Crippen LogP contribution < -0.4 is 15.4 Å². The number of nitrogens with one attached hydrogen (secondary N) is 2. The van der Waals surface area contributed by atoms with Crippen LogP contribution in [0.5, 0.6) is 5.75 Å². The number of hydrogen-bond acceptors (Lipinski definition) is 4. The van der Waals surface area contributed by atoms with Crippen LogP contribution in [-0.4, -0.2) is 18.4 Å². The van der Waals surface area contributed by atoms with E-state index in [2.05, 4.69) is 10.6 Å². The predicted molar refractivity (Wildman–Crippen MR) is 99.2 cm³/mol.